The maximum absolute atomic E-state index is 12.9. The van der Waals surface area contributed by atoms with Crippen LogP contribution in [0.2, 0.25) is 0 Å². The monoisotopic (exact) mass is 509 g/mol. The van der Waals surface area contributed by atoms with Gasteiger partial charge in [0.2, 0.25) is 0 Å². The molecule has 0 aliphatic heterocycles. The molecule has 1 aliphatic rings. The van der Waals surface area contributed by atoms with Gasteiger partial charge in [-0.1, -0.05) is 54.6 Å². The number of carbonyl (C=O) groups excluding carboxylic acids is 4. The highest BCUT2D eigenvalue weighted by Crippen LogP contribution is 2.44. The summed E-state index contributed by atoms with van der Waals surface area (Å²) in [6, 6.07) is 14.8. The Labute approximate surface area is 215 Å². The first-order valence-corrected chi connectivity index (χ1v) is 11.9. The zero-order valence-corrected chi connectivity index (χ0v) is 21.1. The van der Waals surface area contributed by atoms with E-state index in [9.17, 15) is 19.2 Å². The largest absolute Gasteiger partial charge is 0.464 e. The van der Waals surface area contributed by atoms with Crippen LogP contribution in [0.15, 0.2) is 61.2 Å². The quantitative estimate of drug-likeness (QED) is 0.275. The van der Waals surface area contributed by atoms with E-state index in [1.54, 1.807) is 0 Å². The molecule has 37 heavy (non-hydrogen) atoms. The number of amides is 1. The average Bonchev–Trinajstić information content (AvgIpc) is 3.17. The third kappa shape index (κ3) is 7.19. The Hall–Kier alpha value is -4.14. The Morgan fingerprint density at radius 3 is 1.95 bits per heavy atom. The van der Waals surface area contributed by atoms with Crippen LogP contribution in [0.4, 0.5) is 4.79 Å². The van der Waals surface area contributed by atoms with Gasteiger partial charge in [-0.2, -0.15) is 0 Å². The van der Waals surface area contributed by atoms with Gasteiger partial charge in [0, 0.05) is 33.1 Å². The molecule has 2 aromatic rings. The molecule has 1 aliphatic carbocycles. The van der Waals surface area contributed by atoms with E-state index >= 15 is 0 Å². The lowest BCUT2D eigenvalue weighted by atomic mass is 9.98. The second-order valence-corrected chi connectivity index (χ2v) is 8.63. The second kappa shape index (κ2) is 12.7. The van der Waals surface area contributed by atoms with Crippen LogP contribution in [0, 0.1) is 0 Å². The number of nitrogens with one attached hydrogen (secondary N) is 1. The van der Waals surface area contributed by atoms with Crippen molar-refractivity contribution in [1.29, 1.82) is 0 Å². The summed E-state index contributed by atoms with van der Waals surface area (Å²) in [5.41, 5.74) is 4.27. The van der Waals surface area contributed by atoms with Gasteiger partial charge in [0.15, 0.2) is 6.10 Å². The minimum Gasteiger partial charge on any atom is -0.464 e. The van der Waals surface area contributed by atoms with Crippen LogP contribution >= 0.6 is 0 Å². The normalized spacial score (nSPS) is 14.2. The van der Waals surface area contributed by atoms with Crippen molar-refractivity contribution in [1.82, 2.24) is 5.32 Å². The van der Waals surface area contributed by atoms with Crippen molar-refractivity contribution < 1.29 is 38.1 Å². The smallest absolute Gasteiger partial charge is 0.407 e. The van der Waals surface area contributed by atoms with Crippen LogP contribution in [-0.4, -0.2) is 55.5 Å². The lowest BCUT2D eigenvalue weighted by Gasteiger charge is -2.32. The van der Waals surface area contributed by atoms with Crippen molar-refractivity contribution >= 4 is 24.0 Å². The van der Waals surface area contributed by atoms with Crippen molar-refractivity contribution in [2.75, 3.05) is 13.2 Å². The molecule has 0 saturated heterocycles. The van der Waals surface area contributed by atoms with Gasteiger partial charge in [0.25, 0.3) is 0 Å². The molecule has 0 heterocycles. The topological polar surface area (TPSA) is 117 Å². The Morgan fingerprint density at radius 2 is 1.43 bits per heavy atom. The summed E-state index contributed by atoms with van der Waals surface area (Å²) in [5, 5.41) is 2.62. The van der Waals surface area contributed by atoms with Crippen molar-refractivity contribution in [3.8, 4) is 11.1 Å². The fraction of sp³-hybridized carbons (Fsp3) is 0.357. The first-order valence-electron chi connectivity index (χ1n) is 11.9. The highest BCUT2D eigenvalue weighted by atomic mass is 16.6. The summed E-state index contributed by atoms with van der Waals surface area (Å²) >= 11 is 0. The lowest BCUT2D eigenvalue weighted by molar-refractivity contribution is -0.169. The molecule has 3 rings (SSSR count). The number of benzene rings is 2. The Bertz CT molecular complexity index is 1110. The molecule has 0 aromatic heterocycles. The van der Waals surface area contributed by atoms with E-state index in [4.69, 9.17) is 18.9 Å². The number of ether oxygens (including phenoxy) is 4. The molecule has 1 N–H and O–H groups in total. The first-order chi connectivity index (χ1) is 17.7. The summed E-state index contributed by atoms with van der Waals surface area (Å²) in [5.74, 6) is -2.05. The number of rotatable bonds is 11. The summed E-state index contributed by atoms with van der Waals surface area (Å²) in [6.45, 7) is 6.96. The van der Waals surface area contributed by atoms with Gasteiger partial charge in [0.05, 0.1) is 0 Å². The highest BCUT2D eigenvalue weighted by molar-refractivity contribution is 5.79. The van der Waals surface area contributed by atoms with E-state index in [1.165, 1.54) is 26.8 Å². The minimum atomic E-state index is -1.17. The third-order valence-corrected chi connectivity index (χ3v) is 5.89. The molecular weight excluding hydrogens is 478 g/mol. The molecule has 0 unspecified atom stereocenters. The summed E-state index contributed by atoms with van der Waals surface area (Å²) in [7, 11) is 0. The van der Waals surface area contributed by atoms with E-state index in [0.29, 0.717) is 0 Å². The molecule has 9 nitrogen and oxygen atoms in total. The first kappa shape index (κ1) is 27.4. The average molecular weight is 510 g/mol. The van der Waals surface area contributed by atoms with E-state index < -0.39 is 42.3 Å². The van der Waals surface area contributed by atoms with E-state index in [0.717, 1.165) is 22.3 Å². The number of alkyl carbamates (subject to hydrolysis) is 1. The van der Waals surface area contributed by atoms with Crippen LogP contribution in [0.3, 0.4) is 0 Å². The fourth-order valence-corrected chi connectivity index (χ4v) is 4.45. The van der Waals surface area contributed by atoms with Crippen LogP contribution in [-0.2, 0) is 33.3 Å². The van der Waals surface area contributed by atoms with E-state index in [-0.39, 0.29) is 25.6 Å². The standard InChI is InChI=1S/C28H31NO8/c1-5-10-26(36-18(3)31)27(37-19(4)32)25(16-34-17(2)30)29-28(33)35-15-24-22-13-8-6-11-20(22)21-12-7-9-14-23(21)24/h5-9,11-14,24-27H,1,10,15-16H2,2-4H3,(H,29,33)/t25-,26-,27-/m1/s1. The summed E-state index contributed by atoms with van der Waals surface area (Å²) in [6.07, 6.45) is -1.34. The van der Waals surface area contributed by atoms with Crippen LogP contribution < -0.4 is 5.32 Å². The molecule has 0 spiro atoms. The van der Waals surface area contributed by atoms with Crippen LogP contribution in [0.1, 0.15) is 44.2 Å². The van der Waals surface area contributed by atoms with Gasteiger partial charge in [-0.25, -0.2) is 4.79 Å². The fourth-order valence-electron chi connectivity index (χ4n) is 4.45. The zero-order chi connectivity index (χ0) is 26.9. The van der Waals surface area contributed by atoms with Crippen molar-refractivity contribution in [3.63, 3.8) is 0 Å². The Morgan fingerprint density at radius 1 is 0.865 bits per heavy atom. The molecule has 196 valence electrons. The zero-order valence-electron chi connectivity index (χ0n) is 21.1. The van der Waals surface area contributed by atoms with Gasteiger partial charge < -0.3 is 24.3 Å². The predicted octanol–water partition coefficient (Wildman–Crippen LogP) is 3.90. The van der Waals surface area contributed by atoms with Crippen molar-refractivity contribution in [3.05, 3.63) is 72.3 Å². The Kier molecular flexibility index (Phi) is 9.43. The maximum Gasteiger partial charge on any atom is 0.407 e. The number of hydrogen-bond acceptors (Lipinski definition) is 8. The molecular formula is C28H31NO8. The molecule has 2 aromatic carbocycles. The SMILES string of the molecule is C=CC[C@@H](OC(C)=O)[C@H](OC(C)=O)[C@@H](COC(C)=O)NC(=O)OCC1c2ccccc2-c2ccccc21. The van der Waals surface area contributed by atoms with Crippen molar-refractivity contribution in [2.45, 2.75) is 51.4 Å². The lowest BCUT2D eigenvalue weighted by Crippen LogP contribution is -2.54. The maximum atomic E-state index is 12.9. The van der Waals surface area contributed by atoms with Crippen molar-refractivity contribution in [2.24, 2.45) is 0 Å². The van der Waals surface area contributed by atoms with E-state index in [2.05, 4.69) is 11.9 Å². The molecule has 1 amide bonds. The third-order valence-electron chi connectivity index (χ3n) is 5.89. The van der Waals surface area contributed by atoms with Gasteiger partial charge in [-0.3, -0.25) is 14.4 Å². The summed E-state index contributed by atoms with van der Waals surface area (Å²) in [4.78, 5) is 48.0. The van der Waals surface area contributed by atoms with Gasteiger partial charge >= 0.3 is 24.0 Å². The van der Waals surface area contributed by atoms with Gasteiger partial charge in [-0.15, -0.1) is 6.58 Å². The van der Waals surface area contributed by atoms with E-state index in [1.807, 2.05) is 48.5 Å². The molecule has 0 fully saturated rings. The summed E-state index contributed by atoms with van der Waals surface area (Å²) < 4.78 is 21.4. The predicted molar refractivity (Wildman–Crippen MR) is 135 cm³/mol. The van der Waals surface area contributed by atoms with Gasteiger partial charge in [0.1, 0.15) is 25.4 Å². The van der Waals surface area contributed by atoms with Crippen LogP contribution in [0.5, 0.6) is 0 Å². The van der Waals surface area contributed by atoms with Gasteiger partial charge in [-0.05, 0) is 22.3 Å². The molecule has 0 bridgehead atoms. The number of fused-ring (bicyclic) bond motifs is 3. The number of carbonyl (C=O) groups is 4. The molecule has 3 atom stereocenters. The number of esters is 3. The molecule has 0 saturated carbocycles. The Balaban J connectivity index is 1.79. The molecule has 0 radical (unpaired) electrons. The molecule has 9 heteroatoms. The number of hydrogen-bond donors (Lipinski definition) is 1. The minimum absolute atomic E-state index is 0.0540. The second-order valence-electron chi connectivity index (χ2n) is 8.63. The highest BCUT2D eigenvalue weighted by Gasteiger charge is 2.37. The van der Waals surface area contributed by atoms with Crippen LogP contribution in [0.25, 0.3) is 11.1 Å².